The van der Waals surface area contributed by atoms with E-state index in [-0.39, 0.29) is 11.1 Å². The summed E-state index contributed by atoms with van der Waals surface area (Å²) in [6.45, 7) is 2.12. The first-order valence-corrected chi connectivity index (χ1v) is 5.82. The van der Waals surface area contributed by atoms with Crippen molar-refractivity contribution in [3.63, 3.8) is 0 Å². The zero-order valence-electron chi connectivity index (χ0n) is 8.99. The molecule has 1 aliphatic heterocycles. The van der Waals surface area contributed by atoms with Crippen LogP contribution < -0.4 is 5.73 Å². The Morgan fingerprint density at radius 1 is 1.69 bits per heavy atom. The van der Waals surface area contributed by atoms with Gasteiger partial charge in [0.25, 0.3) is 5.91 Å². The average molecular weight is 243 g/mol. The Balaban J connectivity index is 2.07. The molecule has 2 heterocycles. The number of amides is 1. The number of likely N-dealkylation sites (tertiary alicyclic amines) is 1. The van der Waals surface area contributed by atoms with Gasteiger partial charge in [0.2, 0.25) is 5.22 Å². The molecule has 2 rings (SSSR count). The van der Waals surface area contributed by atoms with E-state index >= 15 is 0 Å². The van der Waals surface area contributed by atoms with E-state index in [9.17, 15) is 4.79 Å². The maximum absolute atomic E-state index is 12.1. The Morgan fingerprint density at radius 3 is 3.12 bits per heavy atom. The standard InChI is InChI=1S/C11H15ClN2O2/c12-10-9(3-5-16-10)11(15)14-4-1-2-8(6-13)7-14/h3,5,8H,1-2,4,6-7,13H2. The van der Waals surface area contributed by atoms with Gasteiger partial charge in [-0.3, -0.25) is 4.79 Å². The lowest BCUT2D eigenvalue weighted by Crippen LogP contribution is -2.42. The smallest absolute Gasteiger partial charge is 0.258 e. The third kappa shape index (κ3) is 2.23. The fourth-order valence-corrected chi connectivity index (χ4v) is 2.25. The highest BCUT2D eigenvalue weighted by atomic mass is 35.5. The van der Waals surface area contributed by atoms with Crippen molar-refractivity contribution in [2.24, 2.45) is 11.7 Å². The first-order valence-electron chi connectivity index (χ1n) is 5.44. The number of halogens is 1. The molecular formula is C11H15ClN2O2. The Morgan fingerprint density at radius 2 is 2.50 bits per heavy atom. The van der Waals surface area contributed by atoms with E-state index in [1.165, 1.54) is 6.26 Å². The first kappa shape index (κ1) is 11.5. The minimum atomic E-state index is -0.0584. The summed E-state index contributed by atoms with van der Waals surface area (Å²) in [5, 5.41) is 0.167. The highest BCUT2D eigenvalue weighted by Gasteiger charge is 2.25. The third-order valence-electron chi connectivity index (χ3n) is 2.99. The van der Waals surface area contributed by atoms with Gasteiger partial charge in [0.1, 0.15) is 0 Å². The van der Waals surface area contributed by atoms with Crippen LogP contribution in [0, 0.1) is 5.92 Å². The van der Waals surface area contributed by atoms with E-state index in [2.05, 4.69) is 0 Å². The fourth-order valence-electron chi connectivity index (χ4n) is 2.06. The Kier molecular flexibility index (Phi) is 3.51. The van der Waals surface area contributed by atoms with Crippen molar-refractivity contribution in [1.29, 1.82) is 0 Å². The van der Waals surface area contributed by atoms with Gasteiger partial charge >= 0.3 is 0 Å². The van der Waals surface area contributed by atoms with Crippen molar-refractivity contribution >= 4 is 17.5 Å². The summed E-state index contributed by atoms with van der Waals surface area (Å²) in [7, 11) is 0. The summed E-state index contributed by atoms with van der Waals surface area (Å²) in [5.41, 5.74) is 6.08. The average Bonchev–Trinajstić information content (AvgIpc) is 2.74. The van der Waals surface area contributed by atoms with Gasteiger partial charge in [-0.15, -0.1) is 0 Å². The van der Waals surface area contributed by atoms with Crippen LogP contribution in [0.15, 0.2) is 16.7 Å². The molecule has 0 saturated carbocycles. The van der Waals surface area contributed by atoms with Gasteiger partial charge in [0, 0.05) is 13.1 Å². The van der Waals surface area contributed by atoms with Crippen LogP contribution >= 0.6 is 11.6 Å². The molecule has 16 heavy (non-hydrogen) atoms. The lowest BCUT2D eigenvalue weighted by Gasteiger charge is -2.31. The van der Waals surface area contributed by atoms with Crippen molar-refractivity contribution in [3.05, 3.63) is 23.1 Å². The maximum Gasteiger partial charge on any atom is 0.258 e. The van der Waals surface area contributed by atoms with Crippen LogP contribution in [0.2, 0.25) is 5.22 Å². The molecule has 1 atom stereocenters. The van der Waals surface area contributed by atoms with Crippen molar-refractivity contribution in [3.8, 4) is 0 Å². The summed E-state index contributed by atoms with van der Waals surface area (Å²) in [5.74, 6) is 0.347. The topological polar surface area (TPSA) is 59.5 Å². The number of nitrogens with two attached hydrogens (primary N) is 1. The van der Waals surface area contributed by atoms with E-state index in [0.29, 0.717) is 18.0 Å². The quantitative estimate of drug-likeness (QED) is 0.860. The van der Waals surface area contributed by atoms with E-state index < -0.39 is 0 Å². The summed E-state index contributed by atoms with van der Waals surface area (Å²) in [6.07, 6.45) is 3.53. The normalized spacial score (nSPS) is 21.1. The number of piperidine rings is 1. The lowest BCUT2D eigenvalue weighted by molar-refractivity contribution is 0.0677. The predicted octanol–water partition coefficient (Wildman–Crippen LogP) is 1.74. The number of nitrogens with zero attached hydrogens (tertiary/aromatic N) is 1. The van der Waals surface area contributed by atoms with Crippen LogP contribution in [0.1, 0.15) is 23.2 Å². The van der Waals surface area contributed by atoms with Crippen molar-refractivity contribution in [2.75, 3.05) is 19.6 Å². The molecule has 0 aliphatic carbocycles. The van der Waals surface area contributed by atoms with E-state index in [1.54, 1.807) is 11.0 Å². The minimum Gasteiger partial charge on any atom is -0.452 e. The maximum atomic E-state index is 12.1. The molecule has 4 nitrogen and oxygen atoms in total. The second kappa shape index (κ2) is 4.89. The number of hydrogen-bond donors (Lipinski definition) is 1. The van der Waals surface area contributed by atoms with E-state index in [4.69, 9.17) is 21.8 Å². The van der Waals surface area contributed by atoms with Crippen molar-refractivity contribution < 1.29 is 9.21 Å². The molecule has 1 amide bonds. The summed E-state index contributed by atoms with van der Waals surface area (Å²) in [6, 6.07) is 1.61. The van der Waals surface area contributed by atoms with Crippen LogP contribution in [0.4, 0.5) is 0 Å². The fraction of sp³-hybridized carbons (Fsp3) is 0.545. The second-order valence-electron chi connectivity index (χ2n) is 4.10. The van der Waals surface area contributed by atoms with E-state index in [1.807, 2.05) is 0 Å². The largest absolute Gasteiger partial charge is 0.452 e. The predicted molar refractivity (Wildman–Crippen MR) is 61.4 cm³/mol. The molecule has 1 fully saturated rings. The van der Waals surface area contributed by atoms with Gasteiger partial charge in [0.05, 0.1) is 11.8 Å². The Labute approximate surface area is 99.3 Å². The summed E-state index contributed by atoms with van der Waals surface area (Å²) < 4.78 is 4.92. The molecule has 1 aromatic rings. The summed E-state index contributed by atoms with van der Waals surface area (Å²) >= 11 is 5.79. The van der Waals surface area contributed by atoms with Gasteiger partial charge < -0.3 is 15.1 Å². The van der Waals surface area contributed by atoms with Crippen LogP contribution in [0.25, 0.3) is 0 Å². The van der Waals surface area contributed by atoms with E-state index in [0.717, 1.165) is 25.9 Å². The lowest BCUT2D eigenvalue weighted by atomic mass is 9.98. The Bertz CT molecular complexity index is 378. The van der Waals surface area contributed by atoms with Gasteiger partial charge in [-0.25, -0.2) is 0 Å². The van der Waals surface area contributed by atoms with Crippen molar-refractivity contribution in [1.82, 2.24) is 4.90 Å². The molecule has 0 radical (unpaired) electrons. The van der Waals surface area contributed by atoms with Gasteiger partial charge in [-0.1, -0.05) is 0 Å². The molecule has 1 aliphatic rings. The number of rotatable bonds is 2. The van der Waals surface area contributed by atoms with Crippen LogP contribution in [-0.2, 0) is 0 Å². The zero-order valence-corrected chi connectivity index (χ0v) is 9.74. The van der Waals surface area contributed by atoms with Crippen molar-refractivity contribution in [2.45, 2.75) is 12.8 Å². The highest BCUT2D eigenvalue weighted by molar-refractivity contribution is 6.32. The number of carbonyl (C=O) groups is 1. The molecule has 1 aromatic heterocycles. The number of furan rings is 1. The monoisotopic (exact) mass is 242 g/mol. The van der Waals surface area contributed by atoms with Crippen LogP contribution in [-0.4, -0.2) is 30.4 Å². The molecule has 1 saturated heterocycles. The van der Waals surface area contributed by atoms with Crippen LogP contribution in [0.5, 0.6) is 0 Å². The molecule has 0 bridgehead atoms. The van der Waals surface area contributed by atoms with Gasteiger partial charge in [-0.2, -0.15) is 0 Å². The molecule has 0 spiro atoms. The van der Waals surface area contributed by atoms with Gasteiger partial charge in [0.15, 0.2) is 0 Å². The number of carbonyl (C=O) groups excluding carboxylic acids is 1. The second-order valence-corrected chi connectivity index (χ2v) is 4.45. The molecule has 88 valence electrons. The SMILES string of the molecule is NCC1CCCN(C(=O)c2ccoc2Cl)C1. The molecule has 0 aromatic carbocycles. The molecule has 5 heteroatoms. The zero-order chi connectivity index (χ0) is 11.5. The van der Waals surface area contributed by atoms with Gasteiger partial charge in [-0.05, 0) is 43.0 Å². The highest BCUT2D eigenvalue weighted by Crippen LogP contribution is 2.22. The Hall–Kier alpha value is -1.00. The number of hydrogen-bond acceptors (Lipinski definition) is 3. The third-order valence-corrected chi connectivity index (χ3v) is 3.28. The summed E-state index contributed by atoms with van der Waals surface area (Å²) in [4.78, 5) is 13.9. The molecule has 1 unspecified atom stereocenters. The minimum absolute atomic E-state index is 0.0584. The first-order chi connectivity index (χ1) is 7.72. The van der Waals surface area contributed by atoms with Crippen LogP contribution in [0.3, 0.4) is 0 Å². The molecular weight excluding hydrogens is 228 g/mol. The molecule has 2 N–H and O–H groups in total.